The highest BCUT2D eigenvalue weighted by atomic mass is 16.5. The maximum absolute atomic E-state index is 11.8. The smallest absolute Gasteiger partial charge is 0.358 e. The quantitative estimate of drug-likeness (QED) is 0.747. The van der Waals surface area contributed by atoms with E-state index >= 15 is 0 Å². The monoisotopic (exact) mass is 268 g/mol. The molecule has 2 heterocycles. The van der Waals surface area contributed by atoms with E-state index in [1.54, 1.807) is 0 Å². The van der Waals surface area contributed by atoms with Crippen LogP contribution in [0.1, 0.15) is 23.3 Å². The van der Waals surface area contributed by atoms with E-state index in [-0.39, 0.29) is 17.5 Å². The van der Waals surface area contributed by atoms with Gasteiger partial charge in [-0.3, -0.25) is 4.79 Å². The molecule has 1 fully saturated rings. The zero-order valence-electron chi connectivity index (χ0n) is 10.4. The summed E-state index contributed by atoms with van der Waals surface area (Å²) >= 11 is 0. The standard InChI is InChI=1S/C11H16N4O4/c16-10(8-1-5-19-6-2-8)12-3-4-15-7-9(11(17)18)13-14-15/h7-8H,1-6H2,(H,12,16)(H,17,18). The number of amides is 1. The van der Waals surface area contributed by atoms with Crippen molar-refractivity contribution in [2.75, 3.05) is 19.8 Å². The Morgan fingerprint density at radius 2 is 2.21 bits per heavy atom. The van der Waals surface area contributed by atoms with Crippen LogP contribution in [0.2, 0.25) is 0 Å². The lowest BCUT2D eigenvalue weighted by Gasteiger charge is -2.21. The van der Waals surface area contributed by atoms with Crippen molar-refractivity contribution in [3.05, 3.63) is 11.9 Å². The van der Waals surface area contributed by atoms with E-state index in [0.29, 0.717) is 26.3 Å². The fourth-order valence-corrected chi connectivity index (χ4v) is 1.90. The molecule has 0 unspecified atom stereocenters. The predicted molar refractivity (Wildman–Crippen MR) is 63.5 cm³/mol. The van der Waals surface area contributed by atoms with Crippen LogP contribution in [0.4, 0.5) is 0 Å². The topological polar surface area (TPSA) is 106 Å². The highest BCUT2D eigenvalue weighted by Gasteiger charge is 2.20. The molecule has 1 saturated heterocycles. The number of nitrogens with one attached hydrogen (secondary N) is 1. The Morgan fingerprint density at radius 1 is 1.47 bits per heavy atom. The second-order valence-electron chi connectivity index (χ2n) is 4.35. The van der Waals surface area contributed by atoms with Gasteiger partial charge in [0.15, 0.2) is 5.69 Å². The molecule has 104 valence electrons. The fraction of sp³-hybridized carbons (Fsp3) is 0.636. The van der Waals surface area contributed by atoms with Crippen molar-refractivity contribution in [3.63, 3.8) is 0 Å². The van der Waals surface area contributed by atoms with Crippen molar-refractivity contribution >= 4 is 11.9 Å². The van der Waals surface area contributed by atoms with E-state index in [1.165, 1.54) is 10.9 Å². The molecule has 0 saturated carbocycles. The molecule has 0 aliphatic carbocycles. The van der Waals surface area contributed by atoms with Crippen LogP contribution in [0.25, 0.3) is 0 Å². The van der Waals surface area contributed by atoms with Gasteiger partial charge in [0.2, 0.25) is 5.91 Å². The summed E-state index contributed by atoms with van der Waals surface area (Å²) in [6.45, 7) is 2.06. The van der Waals surface area contributed by atoms with Gasteiger partial charge in [0.1, 0.15) is 0 Å². The number of hydrogen-bond acceptors (Lipinski definition) is 5. The average molecular weight is 268 g/mol. The molecule has 19 heavy (non-hydrogen) atoms. The van der Waals surface area contributed by atoms with Crippen molar-refractivity contribution < 1.29 is 19.4 Å². The van der Waals surface area contributed by atoms with Gasteiger partial charge in [0.05, 0.1) is 12.7 Å². The summed E-state index contributed by atoms with van der Waals surface area (Å²) in [5, 5.41) is 18.6. The fourth-order valence-electron chi connectivity index (χ4n) is 1.90. The lowest BCUT2D eigenvalue weighted by molar-refractivity contribution is -0.127. The number of rotatable bonds is 5. The number of aromatic nitrogens is 3. The van der Waals surface area contributed by atoms with Crippen molar-refractivity contribution in [2.24, 2.45) is 5.92 Å². The number of ether oxygens (including phenoxy) is 1. The zero-order valence-corrected chi connectivity index (χ0v) is 10.4. The minimum absolute atomic E-state index is 0.0130. The molecule has 1 aliphatic rings. The first-order valence-electron chi connectivity index (χ1n) is 6.15. The maximum atomic E-state index is 11.8. The van der Waals surface area contributed by atoms with Crippen LogP contribution in [0.5, 0.6) is 0 Å². The van der Waals surface area contributed by atoms with Gasteiger partial charge in [0, 0.05) is 25.7 Å². The number of carbonyl (C=O) groups excluding carboxylic acids is 1. The van der Waals surface area contributed by atoms with E-state index < -0.39 is 5.97 Å². The molecule has 1 amide bonds. The molecular formula is C11H16N4O4. The van der Waals surface area contributed by atoms with Gasteiger partial charge in [-0.15, -0.1) is 5.10 Å². The molecular weight excluding hydrogens is 252 g/mol. The predicted octanol–water partition coefficient (Wildman–Crippen LogP) is -0.481. The SMILES string of the molecule is O=C(O)c1cn(CCNC(=O)C2CCOCC2)nn1. The first kappa shape index (κ1) is 13.5. The second-order valence-corrected chi connectivity index (χ2v) is 4.35. The normalized spacial score (nSPS) is 16.2. The van der Waals surface area contributed by atoms with E-state index in [9.17, 15) is 9.59 Å². The van der Waals surface area contributed by atoms with E-state index in [1.807, 2.05) is 0 Å². The number of aromatic carboxylic acids is 1. The second kappa shape index (κ2) is 6.28. The van der Waals surface area contributed by atoms with Crippen LogP contribution >= 0.6 is 0 Å². The molecule has 0 bridgehead atoms. The van der Waals surface area contributed by atoms with Crippen molar-refractivity contribution in [1.82, 2.24) is 20.3 Å². The first-order valence-corrected chi connectivity index (χ1v) is 6.15. The Balaban J connectivity index is 1.73. The Labute approximate surface area is 109 Å². The zero-order chi connectivity index (χ0) is 13.7. The highest BCUT2D eigenvalue weighted by molar-refractivity contribution is 5.84. The van der Waals surface area contributed by atoms with Crippen LogP contribution in [-0.2, 0) is 16.1 Å². The highest BCUT2D eigenvalue weighted by Crippen LogP contribution is 2.14. The number of carbonyl (C=O) groups is 2. The van der Waals surface area contributed by atoms with Crippen molar-refractivity contribution in [1.29, 1.82) is 0 Å². The summed E-state index contributed by atoms with van der Waals surface area (Å²) in [5.74, 6) is -1.08. The summed E-state index contributed by atoms with van der Waals surface area (Å²) in [5.41, 5.74) is -0.101. The molecule has 1 aromatic rings. The largest absolute Gasteiger partial charge is 0.476 e. The number of hydrogen-bond donors (Lipinski definition) is 2. The molecule has 0 spiro atoms. The molecule has 2 N–H and O–H groups in total. The summed E-state index contributed by atoms with van der Waals surface area (Å²) in [6, 6.07) is 0. The van der Waals surface area contributed by atoms with Gasteiger partial charge in [-0.05, 0) is 12.8 Å². The van der Waals surface area contributed by atoms with Gasteiger partial charge in [-0.25, -0.2) is 9.48 Å². The van der Waals surface area contributed by atoms with Crippen molar-refractivity contribution in [2.45, 2.75) is 19.4 Å². The van der Waals surface area contributed by atoms with Crippen LogP contribution in [-0.4, -0.2) is 51.7 Å². The molecule has 1 aromatic heterocycles. The maximum Gasteiger partial charge on any atom is 0.358 e. The van der Waals surface area contributed by atoms with Gasteiger partial charge in [-0.2, -0.15) is 0 Å². The minimum atomic E-state index is -1.11. The molecule has 8 nitrogen and oxygen atoms in total. The van der Waals surface area contributed by atoms with Crippen LogP contribution in [0.15, 0.2) is 6.20 Å². The molecule has 8 heteroatoms. The molecule has 0 atom stereocenters. The van der Waals surface area contributed by atoms with Crippen LogP contribution in [0, 0.1) is 5.92 Å². The molecule has 2 rings (SSSR count). The van der Waals surface area contributed by atoms with Crippen molar-refractivity contribution in [3.8, 4) is 0 Å². The lowest BCUT2D eigenvalue weighted by Crippen LogP contribution is -2.36. The Bertz CT molecular complexity index is 453. The number of nitrogens with zero attached hydrogens (tertiary/aromatic N) is 3. The third-order valence-electron chi connectivity index (χ3n) is 2.99. The molecule has 0 radical (unpaired) electrons. The first-order chi connectivity index (χ1) is 9.16. The summed E-state index contributed by atoms with van der Waals surface area (Å²) in [7, 11) is 0. The van der Waals surface area contributed by atoms with Gasteiger partial charge >= 0.3 is 5.97 Å². The van der Waals surface area contributed by atoms with Crippen LogP contribution in [0.3, 0.4) is 0 Å². The molecule has 1 aliphatic heterocycles. The number of carboxylic acid groups (broad SMARTS) is 1. The van der Waals surface area contributed by atoms with Gasteiger partial charge in [0.25, 0.3) is 0 Å². The Hall–Kier alpha value is -1.96. The summed E-state index contributed by atoms with van der Waals surface area (Å²) in [6.07, 6.45) is 2.83. The minimum Gasteiger partial charge on any atom is -0.476 e. The Morgan fingerprint density at radius 3 is 2.84 bits per heavy atom. The van der Waals surface area contributed by atoms with E-state index in [2.05, 4.69) is 15.6 Å². The third kappa shape index (κ3) is 3.75. The summed E-state index contributed by atoms with van der Waals surface area (Å²) in [4.78, 5) is 22.4. The third-order valence-corrected chi connectivity index (χ3v) is 2.99. The van der Waals surface area contributed by atoms with E-state index in [0.717, 1.165) is 12.8 Å². The lowest BCUT2D eigenvalue weighted by atomic mass is 9.99. The van der Waals surface area contributed by atoms with Crippen LogP contribution < -0.4 is 5.32 Å². The van der Waals surface area contributed by atoms with Gasteiger partial charge < -0.3 is 15.2 Å². The molecule has 0 aromatic carbocycles. The van der Waals surface area contributed by atoms with E-state index in [4.69, 9.17) is 9.84 Å². The summed E-state index contributed by atoms with van der Waals surface area (Å²) < 4.78 is 6.59. The number of carboxylic acids is 1. The van der Waals surface area contributed by atoms with Gasteiger partial charge in [-0.1, -0.05) is 5.21 Å². The Kier molecular flexibility index (Phi) is 4.45. The average Bonchev–Trinajstić information content (AvgIpc) is 2.89.